The van der Waals surface area contributed by atoms with Crippen LogP contribution in [-0.4, -0.2) is 13.2 Å². The lowest BCUT2D eigenvalue weighted by Gasteiger charge is -2.07. The summed E-state index contributed by atoms with van der Waals surface area (Å²) in [6, 6.07) is 2.67. The van der Waals surface area contributed by atoms with Gasteiger partial charge in [0.2, 0.25) is 0 Å². The molecular weight excluding hydrogens is 260 g/mol. The molecule has 0 unspecified atom stereocenters. The number of hydrogen-bond acceptors (Lipinski definition) is 2. The van der Waals surface area contributed by atoms with Crippen LogP contribution in [0, 0.1) is 5.82 Å². The van der Waals surface area contributed by atoms with E-state index in [2.05, 4.69) is 15.9 Å². The van der Waals surface area contributed by atoms with Crippen molar-refractivity contribution in [2.24, 2.45) is 5.73 Å². The number of benzene rings is 1. The van der Waals surface area contributed by atoms with Gasteiger partial charge in [-0.1, -0.05) is 11.6 Å². The van der Waals surface area contributed by atoms with E-state index in [1.165, 1.54) is 12.1 Å². The van der Waals surface area contributed by atoms with Gasteiger partial charge in [0, 0.05) is 12.6 Å². The third-order valence-electron chi connectivity index (χ3n) is 1.35. The molecule has 0 fully saturated rings. The van der Waals surface area contributed by atoms with Crippen molar-refractivity contribution in [3.8, 4) is 5.75 Å². The molecule has 5 heteroatoms. The largest absolute Gasteiger partial charge is 0.491 e. The van der Waals surface area contributed by atoms with Crippen LogP contribution < -0.4 is 10.5 Å². The van der Waals surface area contributed by atoms with Crippen molar-refractivity contribution in [2.45, 2.75) is 0 Å². The van der Waals surface area contributed by atoms with Crippen LogP contribution in [0.15, 0.2) is 16.6 Å². The van der Waals surface area contributed by atoms with Gasteiger partial charge in [-0.2, -0.15) is 0 Å². The van der Waals surface area contributed by atoms with Gasteiger partial charge in [0.15, 0.2) is 0 Å². The van der Waals surface area contributed by atoms with Gasteiger partial charge in [-0.25, -0.2) is 4.39 Å². The van der Waals surface area contributed by atoms with E-state index in [4.69, 9.17) is 22.1 Å². The molecule has 0 heterocycles. The molecule has 1 aromatic rings. The minimum Gasteiger partial charge on any atom is -0.491 e. The van der Waals surface area contributed by atoms with Crippen LogP contribution in [-0.2, 0) is 0 Å². The predicted molar refractivity (Wildman–Crippen MR) is 53.7 cm³/mol. The normalized spacial score (nSPS) is 10.2. The van der Waals surface area contributed by atoms with Crippen molar-refractivity contribution >= 4 is 27.5 Å². The zero-order chi connectivity index (χ0) is 9.84. The molecule has 1 rings (SSSR count). The van der Waals surface area contributed by atoms with E-state index in [0.29, 0.717) is 23.4 Å². The van der Waals surface area contributed by atoms with E-state index < -0.39 is 5.82 Å². The fourth-order valence-electron chi connectivity index (χ4n) is 0.784. The molecule has 0 aliphatic carbocycles. The third-order valence-corrected chi connectivity index (χ3v) is 2.26. The lowest BCUT2D eigenvalue weighted by atomic mass is 10.3. The second kappa shape index (κ2) is 4.79. The summed E-state index contributed by atoms with van der Waals surface area (Å²) in [5.74, 6) is -0.0933. The van der Waals surface area contributed by atoms with E-state index >= 15 is 0 Å². The molecule has 13 heavy (non-hydrogen) atoms. The van der Waals surface area contributed by atoms with Crippen molar-refractivity contribution in [1.29, 1.82) is 0 Å². The van der Waals surface area contributed by atoms with Crippen LogP contribution in [0.25, 0.3) is 0 Å². The Kier molecular flexibility index (Phi) is 3.96. The van der Waals surface area contributed by atoms with Gasteiger partial charge in [0.1, 0.15) is 18.2 Å². The first kappa shape index (κ1) is 10.8. The standard InChI is InChI=1S/C8H8BrClFNO/c9-5-3-6(10)7(11)4-8(5)13-2-1-12/h3-4H,1-2,12H2. The molecule has 2 N–H and O–H groups in total. The van der Waals surface area contributed by atoms with E-state index in [1.54, 1.807) is 0 Å². The number of halogens is 3. The highest BCUT2D eigenvalue weighted by Crippen LogP contribution is 2.30. The molecular formula is C8H8BrClFNO. The van der Waals surface area contributed by atoms with Crippen LogP contribution in [0.5, 0.6) is 5.75 Å². The molecule has 0 aliphatic heterocycles. The molecule has 0 radical (unpaired) electrons. The number of nitrogens with two attached hydrogens (primary N) is 1. The minimum atomic E-state index is -0.503. The number of ether oxygens (including phenoxy) is 1. The third kappa shape index (κ3) is 2.83. The molecule has 0 spiro atoms. The molecule has 0 saturated heterocycles. The molecule has 0 bridgehead atoms. The second-order valence-corrected chi connectivity index (χ2v) is 3.60. The second-order valence-electron chi connectivity index (χ2n) is 2.33. The number of hydrogen-bond donors (Lipinski definition) is 1. The van der Waals surface area contributed by atoms with E-state index in [0.717, 1.165) is 0 Å². The van der Waals surface area contributed by atoms with Crippen LogP contribution in [0.4, 0.5) is 4.39 Å². The van der Waals surface area contributed by atoms with Gasteiger partial charge in [-0.05, 0) is 22.0 Å². The van der Waals surface area contributed by atoms with Crippen molar-refractivity contribution in [2.75, 3.05) is 13.2 Å². The SMILES string of the molecule is NCCOc1cc(F)c(Cl)cc1Br. The maximum atomic E-state index is 12.9. The van der Waals surface area contributed by atoms with Gasteiger partial charge in [-0.15, -0.1) is 0 Å². The Morgan fingerprint density at radius 3 is 2.85 bits per heavy atom. The Labute approximate surface area is 89.0 Å². The summed E-state index contributed by atoms with van der Waals surface area (Å²) in [5, 5.41) is 0.0620. The van der Waals surface area contributed by atoms with E-state index in [9.17, 15) is 4.39 Å². The maximum Gasteiger partial charge on any atom is 0.145 e. The molecule has 1 aromatic carbocycles. The maximum absolute atomic E-state index is 12.9. The summed E-state index contributed by atoms with van der Waals surface area (Å²) in [6.07, 6.45) is 0. The van der Waals surface area contributed by atoms with Crippen molar-refractivity contribution in [3.63, 3.8) is 0 Å². The van der Waals surface area contributed by atoms with E-state index in [1.807, 2.05) is 0 Å². The highest BCUT2D eigenvalue weighted by molar-refractivity contribution is 9.10. The first-order valence-electron chi connectivity index (χ1n) is 3.62. The fourth-order valence-corrected chi connectivity index (χ4v) is 1.54. The van der Waals surface area contributed by atoms with Crippen LogP contribution >= 0.6 is 27.5 Å². The first-order chi connectivity index (χ1) is 6.15. The number of rotatable bonds is 3. The summed E-state index contributed by atoms with van der Waals surface area (Å²) >= 11 is 8.73. The Morgan fingerprint density at radius 2 is 2.23 bits per heavy atom. The predicted octanol–water partition coefficient (Wildman–Crippen LogP) is 2.58. The van der Waals surface area contributed by atoms with Gasteiger partial charge >= 0.3 is 0 Å². The fraction of sp³-hybridized carbons (Fsp3) is 0.250. The zero-order valence-electron chi connectivity index (χ0n) is 6.69. The van der Waals surface area contributed by atoms with Crippen molar-refractivity contribution < 1.29 is 9.13 Å². The smallest absolute Gasteiger partial charge is 0.145 e. The summed E-state index contributed by atoms with van der Waals surface area (Å²) in [4.78, 5) is 0. The molecule has 0 aliphatic rings. The van der Waals surface area contributed by atoms with E-state index in [-0.39, 0.29) is 5.02 Å². The zero-order valence-corrected chi connectivity index (χ0v) is 9.03. The topological polar surface area (TPSA) is 35.2 Å². The molecule has 0 amide bonds. The van der Waals surface area contributed by atoms with Crippen LogP contribution in [0.3, 0.4) is 0 Å². The van der Waals surface area contributed by atoms with Crippen molar-refractivity contribution in [1.82, 2.24) is 0 Å². The van der Waals surface area contributed by atoms with Crippen molar-refractivity contribution in [3.05, 3.63) is 27.4 Å². The Hall–Kier alpha value is -0.320. The average Bonchev–Trinajstić information content (AvgIpc) is 2.09. The Balaban J connectivity index is 2.88. The summed E-state index contributed by atoms with van der Waals surface area (Å²) in [5.41, 5.74) is 5.23. The molecule has 0 atom stereocenters. The average molecular weight is 269 g/mol. The lowest BCUT2D eigenvalue weighted by Crippen LogP contribution is -2.10. The van der Waals surface area contributed by atoms with Gasteiger partial charge in [0.25, 0.3) is 0 Å². The van der Waals surface area contributed by atoms with Gasteiger partial charge in [-0.3, -0.25) is 0 Å². The van der Waals surface area contributed by atoms with Crippen LogP contribution in [0.1, 0.15) is 0 Å². The van der Waals surface area contributed by atoms with Gasteiger partial charge in [0.05, 0.1) is 9.50 Å². The highest BCUT2D eigenvalue weighted by atomic mass is 79.9. The monoisotopic (exact) mass is 267 g/mol. The molecule has 72 valence electrons. The quantitative estimate of drug-likeness (QED) is 0.855. The van der Waals surface area contributed by atoms with Crippen LogP contribution in [0.2, 0.25) is 5.02 Å². The summed E-state index contributed by atoms with van der Waals surface area (Å²) < 4.78 is 18.7. The summed E-state index contributed by atoms with van der Waals surface area (Å²) in [6.45, 7) is 0.732. The Morgan fingerprint density at radius 1 is 1.54 bits per heavy atom. The molecule has 0 saturated carbocycles. The highest BCUT2D eigenvalue weighted by Gasteiger charge is 2.06. The summed E-state index contributed by atoms with van der Waals surface area (Å²) in [7, 11) is 0. The first-order valence-corrected chi connectivity index (χ1v) is 4.79. The Bertz CT molecular complexity index is 308. The molecule has 0 aromatic heterocycles. The lowest BCUT2D eigenvalue weighted by molar-refractivity contribution is 0.324. The van der Waals surface area contributed by atoms with Gasteiger partial charge < -0.3 is 10.5 Å². The molecule has 2 nitrogen and oxygen atoms in total. The minimum absolute atomic E-state index is 0.0620.